The largest absolute Gasteiger partial charge is 0.310 e. The smallest absolute Gasteiger partial charge is 0.0648 e. The number of fused-ring (bicyclic) bond motifs is 7. The van der Waals surface area contributed by atoms with Crippen LogP contribution in [0.3, 0.4) is 0 Å². The molecule has 0 saturated carbocycles. The first-order chi connectivity index (χ1) is 47.1. The Morgan fingerprint density at radius 3 is 1.75 bits per heavy atom. The Morgan fingerprint density at radius 1 is 0.450 bits per heavy atom. The van der Waals surface area contributed by atoms with Gasteiger partial charge >= 0.3 is 0 Å². The summed E-state index contributed by atoms with van der Waals surface area (Å²) in [5, 5.41) is -1.64. The average Bonchev–Trinajstić information content (AvgIpc) is 1.51. The molecule has 2 aliphatic carbocycles. The Labute approximate surface area is 414 Å². The summed E-state index contributed by atoms with van der Waals surface area (Å²) in [6.07, 6.45) is -3.40. The van der Waals surface area contributed by atoms with Gasteiger partial charge in [0.1, 0.15) is 0 Å². The third-order valence-electron chi connectivity index (χ3n) is 10.1. The topological polar surface area (TPSA) is 3.24 Å². The van der Waals surface area contributed by atoms with E-state index in [1.54, 1.807) is 0 Å². The van der Waals surface area contributed by atoms with Crippen molar-refractivity contribution in [3.63, 3.8) is 0 Å². The van der Waals surface area contributed by atoms with Crippen LogP contribution >= 0.6 is 0 Å². The predicted molar refractivity (Wildman–Crippen MR) is 255 cm³/mol. The van der Waals surface area contributed by atoms with Crippen LogP contribution in [0.15, 0.2) is 199 Å². The fourth-order valence-electron chi connectivity index (χ4n) is 7.25. The lowest BCUT2D eigenvalue weighted by molar-refractivity contribution is 0.564. The normalized spacial score (nSPS) is 26.6. The van der Waals surface area contributed by atoms with Gasteiger partial charge in [-0.3, -0.25) is 0 Å². The molecule has 0 bridgehead atoms. The minimum atomic E-state index is -4.05. The van der Waals surface area contributed by atoms with Crippen LogP contribution < -0.4 is 4.90 Å². The molecule has 0 fully saturated rings. The van der Waals surface area contributed by atoms with Gasteiger partial charge in [-0.15, -0.1) is 0 Å². The van der Waals surface area contributed by atoms with Crippen molar-refractivity contribution in [2.24, 2.45) is 0 Å². The molecule has 288 valence electrons. The highest BCUT2D eigenvalue weighted by Crippen LogP contribution is 2.53. The van der Waals surface area contributed by atoms with E-state index in [1.165, 1.54) is 0 Å². The van der Waals surface area contributed by atoms with Gasteiger partial charge in [-0.05, 0) is 137 Å². The quantitative estimate of drug-likeness (QED) is 0.155. The van der Waals surface area contributed by atoms with Crippen LogP contribution in [0.5, 0.6) is 0 Å². The molecular weight excluding hydrogens is 723 g/mol. The maximum atomic E-state index is 10.2. The molecule has 0 aliphatic heterocycles. The van der Waals surface area contributed by atoms with Crippen molar-refractivity contribution in [1.82, 2.24) is 0 Å². The average molecular weight is 813 g/mol. The monoisotopic (exact) mass is 813 g/mol. The summed E-state index contributed by atoms with van der Waals surface area (Å²) in [6.45, 7) is -11.4. The number of anilines is 3. The zero-order valence-electron chi connectivity index (χ0n) is 73.5. The molecule has 11 rings (SSSR count). The molecule has 1 atom stereocenters. The predicted octanol–water partition coefficient (Wildman–Crippen LogP) is 16.3. The molecule has 1 unspecified atom stereocenters. The second-order valence-electron chi connectivity index (χ2n) is 13.3. The summed E-state index contributed by atoms with van der Waals surface area (Å²) in [4.78, 5) is 0.0874. The van der Waals surface area contributed by atoms with E-state index in [-0.39, 0.29) is 4.90 Å². The third kappa shape index (κ3) is 5.53. The maximum Gasteiger partial charge on any atom is 0.0648 e. The highest BCUT2D eigenvalue weighted by molar-refractivity contribution is 6.05. The van der Waals surface area contributed by atoms with Crippen LogP contribution in [0.25, 0.3) is 66.4 Å². The Kier molecular flexibility index (Phi) is 2.94. The van der Waals surface area contributed by atoms with Crippen LogP contribution in [0.1, 0.15) is 115 Å². The van der Waals surface area contributed by atoms with Crippen molar-refractivity contribution in [2.75, 3.05) is 4.90 Å². The zero-order chi connectivity index (χ0) is 77.7. The summed E-state index contributed by atoms with van der Waals surface area (Å²) in [6, 6.07) is -40.0. The molecule has 0 saturated heterocycles. The van der Waals surface area contributed by atoms with Crippen molar-refractivity contribution >= 4 is 27.8 Å². The molecule has 0 N–H and O–H groups in total. The lowest BCUT2D eigenvalue weighted by Crippen LogP contribution is -2.20. The summed E-state index contributed by atoms with van der Waals surface area (Å²) in [5.41, 5.74) is -27.3. The molecule has 2 aliphatic rings. The zero-order valence-corrected chi connectivity index (χ0v) is 30.5. The van der Waals surface area contributed by atoms with E-state index >= 15 is 0 Å². The summed E-state index contributed by atoms with van der Waals surface area (Å²) < 4.78 is 397. The lowest BCUT2D eigenvalue weighted by Gasteiger charge is -2.29. The SMILES string of the molecule is [2H]c1cc2c(-c3c([2H])c([2H])c4c(c3[2H])C(C([2H])([2H])[2H])(C([2H])([2H])[2H])c3c([2H])c([2H])c([2H])c([2H])c3-4)c(-c3c([2H])c([2H])c(N(c4c([2H])c([2H])c(-c5c([2H])c([2H])c([2H])c([2H])c5[2H])c([2H])c4[2H])c4c([2H])c([2H])c5c(c4[2H])C(C([2H])([2H])[2H])(C([2H])([2H])C)c4c([2H])c([2H])c([2H])c([2H])c4-5)c([2H])c3[2H])c([2H])c([2H])c2c([2H])c1[2H]. The molecule has 0 spiro atoms. The van der Waals surface area contributed by atoms with E-state index in [1.807, 2.05) is 0 Å². The second-order valence-corrected chi connectivity index (χ2v) is 13.3. The van der Waals surface area contributed by atoms with Gasteiger partial charge in [0.15, 0.2) is 0 Å². The number of nitrogens with zero attached hydrogens (tertiary/aromatic N) is 1. The number of hydrogen-bond donors (Lipinski definition) is 0. The number of benzene rings is 9. The minimum absolute atomic E-state index is 0.0874. The summed E-state index contributed by atoms with van der Waals surface area (Å²) in [5.74, 6) is 0. The first kappa shape index (κ1) is 12.8. The van der Waals surface area contributed by atoms with Crippen molar-refractivity contribution < 1.29 is 58.9 Å². The molecule has 0 amide bonds. The van der Waals surface area contributed by atoms with Gasteiger partial charge in [0, 0.05) is 43.0 Å². The molecule has 60 heavy (non-hydrogen) atoms. The fourth-order valence-corrected chi connectivity index (χ4v) is 7.25. The molecule has 1 nitrogen and oxygen atoms in total. The van der Waals surface area contributed by atoms with E-state index in [9.17, 15) is 24.7 Å². The Bertz CT molecular complexity index is 5300. The molecule has 9 aromatic rings. The van der Waals surface area contributed by atoms with E-state index in [0.29, 0.717) is 13.0 Å². The van der Waals surface area contributed by atoms with E-state index in [4.69, 9.17) is 34.3 Å². The second kappa shape index (κ2) is 13.8. The van der Waals surface area contributed by atoms with Gasteiger partial charge in [0.05, 0.1) is 43.9 Å². The van der Waals surface area contributed by atoms with Crippen LogP contribution in [-0.4, -0.2) is 0 Å². The van der Waals surface area contributed by atoms with Crippen molar-refractivity contribution in [3.05, 3.63) is 222 Å². The number of hydrogen-bond acceptors (Lipinski definition) is 1. The molecule has 1 heteroatoms. The first-order valence-electron chi connectivity index (χ1n) is 39.2. The van der Waals surface area contributed by atoms with Gasteiger partial charge in [0.2, 0.25) is 0 Å². The van der Waals surface area contributed by atoms with E-state index < -0.39 is 337 Å². The molecule has 0 heterocycles. The molecular formula is C59H47N. The molecule has 9 aromatic carbocycles. The Balaban J connectivity index is 1.37. The van der Waals surface area contributed by atoms with Gasteiger partial charge in [0.25, 0.3) is 0 Å². The van der Waals surface area contributed by atoms with Crippen molar-refractivity contribution in [1.29, 1.82) is 0 Å². The van der Waals surface area contributed by atoms with Gasteiger partial charge in [-0.2, -0.15) is 0 Å². The van der Waals surface area contributed by atoms with Crippen LogP contribution in [-0.2, 0) is 10.8 Å². The minimum Gasteiger partial charge on any atom is -0.310 e. The van der Waals surface area contributed by atoms with Gasteiger partial charge in [-0.1, -0.05) is 185 Å². The van der Waals surface area contributed by atoms with Crippen molar-refractivity contribution in [3.8, 4) is 55.6 Å². The van der Waals surface area contributed by atoms with Crippen LogP contribution in [0.4, 0.5) is 17.1 Å². The van der Waals surface area contributed by atoms with Crippen LogP contribution in [0, 0.1) is 0 Å². The molecule has 0 radical (unpaired) electrons. The van der Waals surface area contributed by atoms with Gasteiger partial charge in [-0.25, -0.2) is 0 Å². The molecule has 0 aromatic heterocycles. The summed E-state index contributed by atoms with van der Waals surface area (Å²) >= 11 is 0. The van der Waals surface area contributed by atoms with E-state index in [0.717, 1.165) is 0 Å². The maximum absolute atomic E-state index is 10.2. The third-order valence-corrected chi connectivity index (χ3v) is 10.1. The van der Waals surface area contributed by atoms with Gasteiger partial charge < -0.3 is 4.90 Å². The highest BCUT2D eigenvalue weighted by Gasteiger charge is 2.38. The van der Waals surface area contributed by atoms with Crippen LogP contribution in [0.2, 0.25) is 0 Å². The van der Waals surface area contributed by atoms with Crippen molar-refractivity contribution in [2.45, 2.75) is 44.7 Å². The summed E-state index contributed by atoms with van der Waals surface area (Å²) in [7, 11) is 0. The highest BCUT2D eigenvalue weighted by atomic mass is 15.1. The standard InChI is InChI=1S/C59H47N/c1-5-59(4)54-22-14-12-20-50(54)52-36-33-46(38-56(52)59)60(44-29-23-40(24-30-44)39-15-7-6-8-16-39)45-31-25-42(26-32-45)48-34-27-41-17-9-10-18-47(41)57(48)43-28-35-51-49-19-11-13-21-53(49)58(2,3)55(51)37-43/h6-38H,5H2,1-4H3/i2D3,3D3,4D3,5D2,6D,7D,8D,9D,10D,11D,12D,13D,14D,15D,16D,17D,19D,20D,21D,22D,23D,24D,25D,26D,27D,28D,29D,30D,31D,32D,33D,34D,35D,36D,37D,38D. The van der Waals surface area contributed by atoms with E-state index in [2.05, 4.69) is 0 Å². The Morgan fingerprint density at radius 2 is 1.02 bits per heavy atom. The Hall–Kier alpha value is -6.96. The lowest BCUT2D eigenvalue weighted by atomic mass is 9.78. The number of rotatable bonds is 7. The fraction of sp³-hybridized carbons (Fsp3) is 0.119. The first-order valence-corrected chi connectivity index (χ1v) is 17.7.